The summed E-state index contributed by atoms with van der Waals surface area (Å²) in [6.07, 6.45) is -0.641. The standard InChI is InChI=1S/C9H12BrNO2.ClH/c1-5(12)9(11)7-4-6(13)2-3-8(7)10;/h2-5,9,12-13H,11H2,1H3;1H/t5-,9-;/m1./s1. The number of benzene rings is 1. The van der Waals surface area contributed by atoms with Crippen molar-refractivity contribution in [2.24, 2.45) is 5.73 Å². The van der Waals surface area contributed by atoms with Crippen molar-refractivity contribution in [3.8, 4) is 5.75 Å². The van der Waals surface area contributed by atoms with E-state index >= 15 is 0 Å². The summed E-state index contributed by atoms with van der Waals surface area (Å²) < 4.78 is 0.790. The summed E-state index contributed by atoms with van der Waals surface area (Å²) in [7, 11) is 0. The quantitative estimate of drug-likeness (QED) is 0.777. The van der Waals surface area contributed by atoms with Gasteiger partial charge in [-0.15, -0.1) is 12.4 Å². The Bertz CT molecular complexity index is 307. The third-order valence-corrected chi connectivity index (χ3v) is 2.58. The van der Waals surface area contributed by atoms with E-state index in [1.807, 2.05) is 0 Å². The molecule has 0 amide bonds. The molecule has 0 unspecified atom stereocenters. The molecule has 0 aliphatic carbocycles. The molecule has 2 atom stereocenters. The molecule has 0 spiro atoms. The van der Waals surface area contributed by atoms with Crippen LogP contribution in [-0.2, 0) is 0 Å². The van der Waals surface area contributed by atoms with Crippen LogP contribution in [0.2, 0.25) is 0 Å². The van der Waals surface area contributed by atoms with Gasteiger partial charge in [-0.25, -0.2) is 0 Å². The van der Waals surface area contributed by atoms with Crippen molar-refractivity contribution >= 4 is 28.3 Å². The summed E-state index contributed by atoms with van der Waals surface area (Å²) in [6.45, 7) is 1.61. The van der Waals surface area contributed by atoms with Crippen molar-refractivity contribution in [3.63, 3.8) is 0 Å². The first-order valence-electron chi connectivity index (χ1n) is 3.94. The highest BCUT2D eigenvalue weighted by atomic mass is 79.9. The van der Waals surface area contributed by atoms with Crippen molar-refractivity contribution in [1.82, 2.24) is 0 Å². The van der Waals surface area contributed by atoms with E-state index in [1.54, 1.807) is 25.1 Å². The molecule has 0 saturated heterocycles. The highest BCUT2D eigenvalue weighted by Gasteiger charge is 2.15. The zero-order valence-electron chi connectivity index (χ0n) is 7.64. The maximum Gasteiger partial charge on any atom is 0.115 e. The Kier molecular flexibility index (Phi) is 5.44. The van der Waals surface area contributed by atoms with E-state index in [4.69, 9.17) is 5.73 Å². The Labute approximate surface area is 97.5 Å². The Balaban J connectivity index is 0.00000169. The molecular weight excluding hydrogens is 269 g/mol. The van der Waals surface area contributed by atoms with Crippen LogP contribution in [0.1, 0.15) is 18.5 Å². The molecule has 14 heavy (non-hydrogen) atoms. The number of rotatable bonds is 2. The average molecular weight is 283 g/mol. The van der Waals surface area contributed by atoms with E-state index in [0.29, 0.717) is 5.56 Å². The second-order valence-electron chi connectivity index (χ2n) is 2.97. The molecule has 1 aromatic carbocycles. The maximum absolute atomic E-state index is 9.26. The first-order valence-corrected chi connectivity index (χ1v) is 4.73. The Hall–Kier alpha value is -0.290. The third-order valence-electron chi connectivity index (χ3n) is 1.86. The van der Waals surface area contributed by atoms with Gasteiger partial charge in [0.2, 0.25) is 0 Å². The van der Waals surface area contributed by atoms with Gasteiger partial charge in [-0.2, -0.15) is 0 Å². The molecule has 4 N–H and O–H groups in total. The van der Waals surface area contributed by atoms with Crippen LogP contribution in [0, 0.1) is 0 Å². The van der Waals surface area contributed by atoms with E-state index in [9.17, 15) is 10.2 Å². The van der Waals surface area contributed by atoms with Crippen molar-refractivity contribution < 1.29 is 10.2 Å². The summed E-state index contributed by atoms with van der Waals surface area (Å²) in [5, 5.41) is 18.5. The van der Waals surface area contributed by atoms with Crippen LogP contribution < -0.4 is 5.73 Å². The zero-order chi connectivity index (χ0) is 10.0. The van der Waals surface area contributed by atoms with Gasteiger partial charge < -0.3 is 15.9 Å². The number of aliphatic hydroxyl groups is 1. The number of aromatic hydroxyl groups is 1. The van der Waals surface area contributed by atoms with E-state index in [0.717, 1.165) is 4.47 Å². The maximum atomic E-state index is 9.26. The number of aliphatic hydroxyl groups excluding tert-OH is 1. The van der Waals surface area contributed by atoms with Crippen LogP contribution >= 0.6 is 28.3 Å². The third kappa shape index (κ3) is 3.13. The van der Waals surface area contributed by atoms with Gasteiger partial charge in [0.05, 0.1) is 12.1 Å². The Morgan fingerprint density at radius 2 is 2.00 bits per heavy atom. The summed E-state index contributed by atoms with van der Waals surface area (Å²) in [4.78, 5) is 0. The molecule has 0 bridgehead atoms. The molecule has 3 nitrogen and oxygen atoms in total. The fraction of sp³-hybridized carbons (Fsp3) is 0.333. The van der Waals surface area contributed by atoms with Gasteiger partial charge in [-0.1, -0.05) is 15.9 Å². The largest absolute Gasteiger partial charge is 0.508 e. The predicted octanol–water partition coefficient (Wildman–Crippen LogP) is 1.96. The number of halogens is 2. The normalized spacial score (nSPS) is 14.3. The van der Waals surface area contributed by atoms with Crippen LogP contribution in [0.25, 0.3) is 0 Å². The molecule has 0 heterocycles. The molecule has 0 saturated carbocycles. The van der Waals surface area contributed by atoms with Gasteiger partial charge in [0.15, 0.2) is 0 Å². The smallest absolute Gasteiger partial charge is 0.115 e. The molecule has 80 valence electrons. The highest BCUT2D eigenvalue weighted by molar-refractivity contribution is 9.10. The summed E-state index contributed by atoms with van der Waals surface area (Å²) in [6, 6.07) is 4.32. The lowest BCUT2D eigenvalue weighted by atomic mass is 10.0. The van der Waals surface area contributed by atoms with Crippen LogP contribution in [0.4, 0.5) is 0 Å². The second-order valence-corrected chi connectivity index (χ2v) is 3.83. The molecule has 0 aliphatic rings. The van der Waals surface area contributed by atoms with Crippen LogP contribution in [-0.4, -0.2) is 16.3 Å². The zero-order valence-corrected chi connectivity index (χ0v) is 10.0. The number of hydrogen-bond acceptors (Lipinski definition) is 3. The summed E-state index contributed by atoms with van der Waals surface area (Å²) >= 11 is 3.30. The monoisotopic (exact) mass is 281 g/mol. The fourth-order valence-electron chi connectivity index (χ4n) is 1.05. The van der Waals surface area contributed by atoms with Crippen molar-refractivity contribution in [2.45, 2.75) is 19.1 Å². The van der Waals surface area contributed by atoms with Gasteiger partial charge >= 0.3 is 0 Å². The molecule has 0 aliphatic heterocycles. The van der Waals surface area contributed by atoms with Gasteiger partial charge in [0.1, 0.15) is 5.75 Å². The number of nitrogens with two attached hydrogens (primary N) is 1. The highest BCUT2D eigenvalue weighted by Crippen LogP contribution is 2.27. The molecule has 0 aromatic heterocycles. The van der Waals surface area contributed by atoms with E-state index in [2.05, 4.69) is 15.9 Å². The van der Waals surface area contributed by atoms with Crippen molar-refractivity contribution in [2.75, 3.05) is 0 Å². The second kappa shape index (κ2) is 5.56. The summed E-state index contributed by atoms with van der Waals surface area (Å²) in [5.74, 6) is 0.148. The minimum Gasteiger partial charge on any atom is -0.508 e. The van der Waals surface area contributed by atoms with Crippen molar-refractivity contribution in [3.05, 3.63) is 28.2 Å². The lowest BCUT2D eigenvalue weighted by Crippen LogP contribution is -2.23. The Morgan fingerprint density at radius 1 is 1.43 bits per heavy atom. The van der Waals surface area contributed by atoms with Crippen LogP contribution in [0.15, 0.2) is 22.7 Å². The number of phenolic OH excluding ortho intramolecular Hbond substituents is 1. The molecule has 0 fully saturated rings. The SMILES string of the molecule is C[C@@H](O)[C@@H](N)c1cc(O)ccc1Br.Cl. The van der Waals surface area contributed by atoms with Gasteiger partial charge in [-0.05, 0) is 30.7 Å². The van der Waals surface area contributed by atoms with E-state index < -0.39 is 12.1 Å². The lowest BCUT2D eigenvalue weighted by molar-refractivity contribution is 0.164. The molecule has 1 aromatic rings. The average Bonchev–Trinajstić information content (AvgIpc) is 2.08. The first-order chi connectivity index (χ1) is 6.02. The minimum atomic E-state index is -0.641. The van der Waals surface area contributed by atoms with Gasteiger partial charge in [-0.3, -0.25) is 0 Å². The predicted molar refractivity (Wildman–Crippen MR) is 61.7 cm³/mol. The van der Waals surface area contributed by atoms with Gasteiger partial charge in [0.25, 0.3) is 0 Å². The molecule has 1 rings (SSSR count). The summed E-state index contributed by atoms with van der Waals surface area (Å²) in [5.41, 5.74) is 6.42. The number of hydrogen-bond donors (Lipinski definition) is 3. The molecule has 5 heteroatoms. The molecular formula is C9H13BrClNO2. The van der Waals surface area contributed by atoms with Crippen molar-refractivity contribution in [1.29, 1.82) is 0 Å². The Morgan fingerprint density at radius 3 is 2.50 bits per heavy atom. The topological polar surface area (TPSA) is 66.5 Å². The van der Waals surface area contributed by atoms with Crippen LogP contribution in [0.3, 0.4) is 0 Å². The fourth-order valence-corrected chi connectivity index (χ4v) is 1.56. The van der Waals surface area contributed by atoms with Crippen LogP contribution in [0.5, 0.6) is 5.75 Å². The minimum absolute atomic E-state index is 0. The lowest BCUT2D eigenvalue weighted by Gasteiger charge is -2.16. The molecule has 0 radical (unpaired) electrons. The van der Waals surface area contributed by atoms with Gasteiger partial charge in [0, 0.05) is 4.47 Å². The van der Waals surface area contributed by atoms with E-state index in [1.165, 1.54) is 0 Å². The van der Waals surface area contributed by atoms with E-state index in [-0.39, 0.29) is 18.2 Å². The first kappa shape index (κ1) is 13.7. The number of phenols is 1.